The van der Waals surface area contributed by atoms with Gasteiger partial charge in [-0.1, -0.05) is 0 Å². The summed E-state index contributed by atoms with van der Waals surface area (Å²) in [7, 11) is 0. The van der Waals surface area contributed by atoms with Gasteiger partial charge in [-0.15, -0.1) is 0 Å². The van der Waals surface area contributed by atoms with Gasteiger partial charge in [0, 0.05) is 30.6 Å². The molecule has 1 aliphatic rings. The number of anilines is 1. The lowest BCUT2D eigenvalue weighted by atomic mass is 9.80. The summed E-state index contributed by atoms with van der Waals surface area (Å²) < 4.78 is 5.27. The fraction of sp³-hybridized carbons (Fsp3) is 0.429. The van der Waals surface area contributed by atoms with Gasteiger partial charge in [-0.2, -0.15) is 0 Å². The van der Waals surface area contributed by atoms with Crippen LogP contribution in [0.25, 0.3) is 0 Å². The quantitative estimate of drug-likeness (QED) is 0.859. The Labute approximate surface area is 111 Å². The third-order valence-corrected chi connectivity index (χ3v) is 3.48. The van der Waals surface area contributed by atoms with Crippen LogP contribution < -0.4 is 5.32 Å². The van der Waals surface area contributed by atoms with E-state index in [0.717, 1.165) is 43.1 Å². The highest BCUT2D eigenvalue weighted by atomic mass is 16.3. The summed E-state index contributed by atoms with van der Waals surface area (Å²) in [5, 5.41) is 12.6. The lowest BCUT2D eigenvalue weighted by Crippen LogP contribution is -2.27. The predicted octanol–water partition coefficient (Wildman–Crippen LogP) is 1.96. The first-order valence-electron chi connectivity index (χ1n) is 6.57. The summed E-state index contributed by atoms with van der Waals surface area (Å²) in [4.78, 5) is 8.48. The van der Waals surface area contributed by atoms with Crippen LogP contribution in [0.2, 0.25) is 0 Å². The molecule has 0 radical (unpaired) electrons. The first kappa shape index (κ1) is 12.2. The monoisotopic (exact) mass is 259 g/mol. The van der Waals surface area contributed by atoms with Gasteiger partial charge in [-0.3, -0.25) is 0 Å². The van der Waals surface area contributed by atoms with Gasteiger partial charge in [0.15, 0.2) is 0 Å². The van der Waals surface area contributed by atoms with E-state index in [-0.39, 0.29) is 6.10 Å². The summed E-state index contributed by atoms with van der Waals surface area (Å²) in [5.41, 5.74) is 1.01. The van der Waals surface area contributed by atoms with E-state index < -0.39 is 0 Å². The highest BCUT2D eigenvalue weighted by Crippen LogP contribution is 2.35. The minimum absolute atomic E-state index is 0.157. The molecule has 1 fully saturated rings. The molecule has 1 aliphatic carbocycles. The lowest BCUT2D eigenvalue weighted by molar-refractivity contribution is 0.0732. The van der Waals surface area contributed by atoms with Crippen molar-refractivity contribution >= 4 is 5.82 Å². The maximum atomic E-state index is 9.33. The van der Waals surface area contributed by atoms with Crippen molar-refractivity contribution in [3.05, 3.63) is 42.2 Å². The number of rotatable bonds is 5. The summed E-state index contributed by atoms with van der Waals surface area (Å²) in [5.74, 6) is 2.17. The van der Waals surface area contributed by atoms with Crippen molar-refractivity contribution in [3.63, 3.8) is 0 Å². The first-order valence-corrected chi connectivity index (χ1v) is 6.57. The zero-order valence-electron chi connectivity index (χ0n) is 10.6. The van der Waals surface area contributed by atoms with Crippen molar-refractivity contribution < 1.29 is 9.52 Å². The maximum absolute atomic E-state index is 9.33. The van der Waals surface area contributed by atoms with Gasteiger partial charge in [0.2, 0.25) is 0 Å². The van der Waals surface area contributed by atoms with Crippen molar-refractivity contribution in [2.24, 2.45) is 0 Å². The molecule has 5 nitrogen and oxygen atoms in total. The van der Waals surface area contributed by atoms with Crippen LogP contribution in [0.5, 0.6) is 0 Å². The fourth-order valence-electron chi connectivity index (χ4n) is 2.29. The van der Waals surface area contributed by atoms with Gasteiger partial charge in [0.05, 0.1) is 12.4 Å². The van der Waals surface area contributed by atoms with Crippen LogP contribution in [0.3, 0.4) is 0 Å². The molecule has 0 amide bonds. The second kappa shape index (κ2) is 5.40. The number of nitrogens with one attached hydrogen (secondary N) is 1. The second-order valence-electron chi connectivity index (χ2n) is 4.91. The minimum Gasteiger partial charge on any atom is -0.469 e. The average molecular weight is 259 g/mol. The van der Waals surface area contributed by atoms with Crippen molar-refractivity contribution in [1.82, 2.24) is 9.97 Å². The minimum atomic E-state index is -0.157. The van der Waals surface area contributed by atoms with Crippen molar-refractivity contribution in [3.8, 4) is 0 Å². The van der Waals surface area contributed by atoms with Gasteiger partial charge < -0.3 is 14.8 Å². The Hall–Kier alpha value is -1.88. The first-order chi connectivity index (χ1) is 9.31. The number of furan rings is 1. The van der Waals surface area contributed by atoms with Crippen LogP contribution in [-0.4, -0.2) is 27.7 Å². The van der Waals surface area contributed by atoms with Crippen molar-refractivity contribution in [1.29, 1.82) is 0 Å². The molecule has 2 aromatic heterocycles. The SMILES string of the molecule is OC1CC(c2cc(NCCc3ccco3)ncn2)C1. The highest BCUT2D eigenvalue weighted by Gasteiger charge is 2.29. The van der Waals surface area contributed by atoms with Crippen LogP contribution in [0, 0.1) is 0 Å². The van der Waals surface area contributed by atoms with Gasteiger partial charge in [-0.25, -0.2) is 9.97 Å². The van der Waals surface area contributed by atoms with Gasteiger partial charge >= 0.3 is 0 Å². The Morgan fingerprint density at radius 3 is 3.00 bits per heavy atom. The molecule has 5 heteroatoms. The van der Waals surface area contributed by atoms with E-state index >= 15 is 0 Å². The van der Waals surface area contributed by atoms with Gasteiger partial charge in [0.25, 0.3) is 0 Å². The zero-order valence-corrected chi connectivity index (χ0v) is 10.6. The molecular weight excluding hydrogens is 242 g/mol. The number of hydrogen-bond acceptors (Lipinski definition) is 5. The molecule has 100 valence electrons. The zero-order chi connectivity index (χ0) is 13.1. The molecule has 0 spiro atoms. The Morgan fingerprint density at radius 1 is 1.37 bits per heavy atom. The van der Waals surface area contributed by atoms with Gasteiger partial charge in [-0.05, 0) is 25.0 Å². The van der Waals surface area contributed by atoms with Crippen LogP contribution >= 0.6 is 0 Å². The highest BCUT2D eigenvalue weighted by molar-refractivity contribution is 5.36. The molecule has 2 N–H and O–H groups in total. The number of aliphatic hydroxyl groups is 1. The molecule has 3 rings (SSSR count). The molecule has 2 heterocycles. The standard InChI is InChI=1S/C14H17N3O2/c18-11-6-10(7-11)13-8-14(17-9-16-13)15-4-3-12-2-1-5-19-12/h1-2,5,8-11,18H,3-4,6-7H2,(H,15,16,17). The molecular formula is C14H17N3O2. The molecule has 1 saturated carbocycles. The molecule has 0 atom stereocenters. The third-order valence-electron chi connectivity index (χ3n) is 3.48. The van der Waals surface area contributed by atoms with E-state index in [4.69, 9.17) is 4.42 Å². The van der Waals surface area contributed by atoms with Crippen LogP contribution in [0.15, 0.2) is 35.2 Å². The molecule has 0 saturated heterocycles. The van der Waals surface area contributed by atoms with E-state index in [1.807, 2.05) is 18.2 Å². The van der Waals surface area contributed by atoms with Crippen molar-refractivity contribution in [2.75, 3.05) is 11.9 Å². The molecule has 0 bridgehead atoms. The number of hydrogen-bond donors (Lipinski definition) is 2. The predicted molar refractivity (Wildman–Crippen MR) is 70.9 cm³/mol. The Morgan fingerprint density at radius 2 is 2.26 bits per heavy atom. The topological polar surface area (TPSA) is 71.2 Å². The van der Waals surface area contributed by atoms with E-state index in [1.54, 1.807) is 12.6 Å². The molecule has 0 aliphatic heterocycles. The molecule has 19 heavy (non-hydrogen) atoms. The largest absolute Gasteiger partial charge is 0.469 e. The smallest absolute Gasteiger partial charge is 0.129 e. The van der Waals surface area contributed by atoms with E-state index in [9.17, 15) is 5.11 Å². The summed E-state index contributed by atoms with van der Waals surface area (Å²) in [6.45, 7) is 0.775. The number of aliphatic hydroxyl groups excluding tert-OH is 1. The number of nitrogens with zero attached hydrogens (tertiary/aromatic N) is 2. The Bertz CT molecular complexity index is 521. The molecule has 0 unspecified atom stereocenters. The van der Waals surface area contributed by atoms with Crippen LogP contribution in [-0.2, 0) is 6.42 Å². The van der Waals surface area contributed by atoms with Crippen molar-refractivity contribution in [2.45, 2.75) is 31.3 Å². The fourth-order valence-corrected chi connectivity index (χ4v) is 2.29. The summed E-state index contributed by atoms with van der Waals surface area (Å²) in [6, 6.07) is 5.82. The van der Waals surface area contributed by atoms with E-state index in [1.165, 1.54) is 0 Å². The van der Waals surface area contributed by atoms with Gasteiger partial charge in [0.1, 0.15) is 17.9 Å². The molecule has 2 aromatic rings. The normalized spacial score (nSPS) is 21.9. The average Bonchev–Trinajstić information content (AvgIpc) is 2.89. The second-order valence-corrected chi connectivity index (χ2v) is 4.91. The van der Waals surface area contributed by atoms with Crippen LogP contribution in [0.1, 0.15) is 30.2 Å². The Balaban J connectivity index is 1.54. The lowest BCUT2D eigenvalue weighted by Gasteiger charge is -2.30. The maximum Gasteiger partial charge on any atom is 0.129 e. The summed E-state index contributed by atoms with van der Waals surface area (Å²) >= 11 is 0. The van der Waals surface area contributed by atoms with E-state index in [0.29, 0.717) is 5.92 Å². The number of aromatic nitrogens is 2. The van der Waals surface area contributed by atoms with Crippen LogP contribution in [0.4, 0.5) is 5.82 Å². The Kier molecular flexibility index (Phi) is 3.46. The third kappa shape index (κ3) is 2.93. The molecule has 0 aromatic carbocycles. The van der Waals surface area contributed by atoms with E-state index in [2.05, 4.69) is 15.3 Å². The summed E-state index contributed by atoms with van der Waals surface area (Å²) in [6.07, 6.45) is 5.55.